The highest BCUT2D eigenvalue weighted by Crippen LogP contribution is 2.31. The van der Waals surface area contributed by atoms with Crippen LogP contribution in [0.25, 0.3) is 0 Å². The predicted octanol–water partition coefficient (Wildman–Crippen LogP) is 4.54. The molecule has 0 aliphatic heterocycles. The summed E-state index contributed by atoms with van der Waals surface area (Å²) in [6, 6.07) is 14.4. The third kappa shape index (κ3) is 3.54. The molecule has 0 spiro atoms. The molecule has 1 aromatic heterocycles. The summed E-state index contributed by atoms with van der Waals surface area (Å²) in [7, 11) is 0. The molecule has 6 nitrogen and oxygen atoms in total. The first-order chi connectivity index (χ1) is 11.7. The lowest BCUT2D eigenvalue weighted by Crippen LogP contribution is -2.03. The van der Waals surface area contributed by atoms with Crippen molar-refractivity contribution in [3.05, 3.63) is 64.3 Å². The second-order valence-corrected chi connectivity index (χ2v) is 5.46. The maximum absolute atomic E-state index is 9.12. The van der Waals surface area contributed by atoms with E-state index in [2.05, 4.69) is 31.9 Å². The minimum Gasteiger partial charge on any atom is -0.338 e. The highest BCUT2D eigenvalue weighted by Gasteiger charge is 2.08. The second-order valence-electron chi connectivity index (χ2n) is 4.67. The van der Waals surface area contributed by atoms with Gasteiger partial charge in [-0.25, -0.2) is 0 Å². The molecule has 24 heavy (non-hydrogen) atoms. The molecule has 0 aliphatic rings. The Hall–Kier alpha value is -2.88. The van der Waals surface area contributed by atoms with E-state index in [9.17, 15) is 0 Å². The van der Waals surface area contributed by atoms with Crippen molar-refractivity contribution in [2.45, 2.75) is 0 Å². The average molecular weight is 357 g/mol. The first-order valence-corrected chi connectivity index (χ1v) is 7.60. The number of anilines is 4. The molecule has 1 heterocycles. The van der Waals surface area contributed by atoms with Crippen molar-refractivity contribution in [3.63, 3.8) is 0 Å². The van der Waals surface area contributed by atoms with Gasteiger partial charge in [-0.1, -0.05) is 41.4 Å². The van der Waals surface area contributed by atoms with Crippen LogP contribution < -0.4 is 10.6 Å². The van der Waals surface area contributed by atoms with E-state index < -0.39 is 0 Å². The maximum Gasteiger partial charge on any atom is 0.249 e. The molecule has 2 N–H and O–H groups in total. The Morgan fingerprint density at radius 1 is 0.958 bits per heavy atom. The van der Waals surface area contributed by atoms with Crippen LogP contribution in [0.3, 0.4) is 0 Å². The number of benzene rings is 2. The fourth-order valence-corrected chi connectivity index (χ4v) is 2.31. The Balaban J connectivity index is 1.84. The van der Waals surface area contributed by atoms with Gasteiger partial charge in [0.1, 0.15) is 6.07 Å². The van der Waals surface area contributed by atoms with Gasteiger partial charge < -0.3 is 10.6 Å². The number of nitrogens with one attached hydrogen (secondary N) is 2. The quantitative estimate of drug-likeness (QED) is 0.713. The molecule has 3 rings (SSSR count). The fourth-order valence-electron chi connectivity index (χ4n) is 1.97. The van der Waals surface area contributed by atoms with Crippen molar-refractivity contribution < 1.29 is 0 Å². The minimum atomic E-state index is 0.249. The number of halogens is 2. The molecule has 0 bridgehead atoms. The van der Waals surface area contributed by atoms with Gasteiger partial charge in [-0.05, 0) is 24.3 Å². The molecular formula is C16H10Cl2N6. The van der Waals surface area contributed by atoms with Crippen LogP contribution in [-0.2, 0) is 0 Å². The number of nitriles is 1. The fraction of sp³-hybridized carbons (Fsp3) is 0. The number of nitrogens with zero attached hydrogens (tertiary/aromatic N) is 4. The van der Waals surface area contributed by atoms with E-state index in [4.69, 9.17) is 28.5 Å². The van der Waals surface area contributed by atoms with Gasteiger partial charge in [0.25, 0.3) is 0 Å². The lowest BCUT2D eigenvalue weighted by molar-refractivity contribution is 0.982. The molecule has 2 aromatic carbocycles. The van der Waals surface area contributed by atoms with Crippen LogP contribution in [0.5, 0.6) is 0 Å². The molecule has 0 aliphatic carbocycles. The van der Waals surface area contributed by atoms with Gasteiger partial charge in [0, 0.05) is 0 Å². The highest BCUT2D eigenvalue weighted by molar-refractivity contribution is 6.43. The Morgan fingerprint density at radius 3 is 2.58 bits per heavy atom. The van der Waals surface area contributed by atoms with Crippen LogP contribution in [0.1, 0.15) is 5.56 Å². The van der Waals surface area contributed by atoms with E-state index in [1.54, 1.807) is 36.4 Å². The summed E-state index contributed by atoms with van der Waals surface area (Å²) in [4.78, 5) is 4.30. The van der Waals surface area contributed by atoms with Crippen LogP contribution in [-0.4, -0.2) is 15.2 Å². The minimum absolute atomic E-state index is 0.249. The van der Waals surface area contributed by atoms with Crippen LogP contribution in [0.15, 0.2) is 48.7 Å². The Bertz CT molecular complexity index is 922. The maximum atomic E-state index is 9.12. The summed E-state index contributed by atoms with van der Waals surface area (Å²) in [6.07, 6.45) is 1.46. The first-order valence-electron chi connectivity index (χ1n) is 6.84. The van der Waals surface area contributed by atoms with Crippen LogP contribution in [0.2, 0.25) is 10.0 Å². The molecule has 118 valence electrons. The summed E-state index contributed by atoms with van der Waals surface area (Å²) in [5, 5.41) is 23.7. The molecule has 0 saturated carbocycles. The van der Waals surface area contributed by atoms with Crippen LogP contribution >= 0.6 is 23.2 Å². The predicted molar refractivity (Wildman–Crippen MR) is 94.0 cm³/mol. The average Bonchev–Trinajstić information content (AvgIpc) is 2.60. The number of hydrogen-bond acceptors (Lipinski definition) is 6. The SMILES string of the molecule is N#Cc1ccccc1Nc1cnnc(Nc2cccc(Cl)c2Cl)n1. The van der Waals surface area contributed by atoms with Crippen LogP contribution in [0.4, 0.5) is 23.1 Å². The van der Waals surface area contributed by atoms with E-state index in [0.29, 0.717) is 32.8 Å². The van der Waals surface area contributed by atoms with Crippen molar-refractivity contribution in [1.82, 2.24) is 15.2 Å². The third-order valence-electron chi connectivity index (χ3n) is 3.07. The molecule has 0 atom stereocenters. The summed E-state index contributed by atoms with van der Waals surface area (Å²) in [5.41, 5.74) is 1.70. The summed E-state index contributed by atoms with van der Waals surface area (Å²) in [5.74, 6) is 0.687. The molecular weight excluding hydrogens is 347 g/mol. The lowest BCUT2D eigenvalue weighted by Gasteiger charge is -2.10. The molecule has 0 amide bonds. The normalized spacial score (nSPS) is 10.0. The van der Waals surface area contributed by atoms with Gasteiger partial charge in [-0.3, -0.25) is 0 Å². The number of rotatable bonds is 4. The standard InChI is InChI=1S/C16H10Cl2N6/c17-11-5-3-7-13(15(11)18)22-16-23-14(9-20-24-16)21-12-6-2-1-4-10(12)8-19/h1-7,9H,(H2,21,22,23,24). The third-order valence-corrected chi connectivity index (χ3v) is 3.89. The van der Waals surface area contributed by atoms with E-state index in [-0.39, 0.29) is 5.95 Å². The Labute approximate surface area is 148 Å². The topological polar surface area (TPSA) is 86.5 Å². The lowest BCUT2D eigenvalue weighted by atomic mass is 10.2. The zero-order valence-electron chi connectivity index (χ0n) is 12.2. The molecule has 0 unspecified atom stereocenters. The van der Waals surface area contributed by atoms with Crippen molar-refractivity contribution in [3.8, 4) is 6.07 Å². The van der Waals surface area contributed by atoms with Crippen LogP contribution in [0, 0.1) is 11.3 Å². The molecule has 0 saturated heterocycles. The van der Waals surface area contributed by atoms with E-state index in [1.165, 1.54) is 6.20 Å². The zero-order chi connectivity index (χ0) is 16.9. The van der Waals surface area contributed by atoms with Gasteiger partial charge in [0.2, 0.25) is 5.95 Å². The van der Waals surface area contributed by atoms with Gasteiger partial charge in [-0.15, -0.1) is 5.10 Å². The van der Waals surface area contributed by atoms with E-state index in [1.807, 2.05) is 6.07 Å². The van der Waals surface area contributed by atoms with Crippen molar-refractivity contribution >= 4 is 46.3 Å². The second kappa shape index (κ2) is 7.13. The number of para-hydroxylation sites is 1. The monoisotopic (exact) mass is 356 g/mol. The smallest absolute Gasteiger partial charge is 0.249 e. The molecule has 8 heteroatoms. The van der Waals surface area contributed by atoms with Crippen molar-refractivity contribution in [2.75, 3.05) is 10.6 Å². The number of hydrogen-bond donors (Lipinski definition) is 2. The zero-order valence-corrected chi connectivity index (χ0v) is 13.7. The van der Waals surface area contributed by atoms with Gasteiger partial charge in [0.05, 0.1) is 33.2 Å². The summed E-state index contributed by atoms with van der Waals surface area (Å²) in [6.45, 7) is 0. The largest absolute Gasteiger partial charge is 0.338 e. The van der Waals surface area contributed by atoms with Gasteiger partial charge >= 0.3 is 0 Å². The van der Waals surface area contributed by atoms with Crippen molar-refractivity contribution in [1.29, 1.82) is 5.26 Å². The van der Waals surface area contributed by atoms with E-state index >= 15 is 0 Å². The molecule has 0 radical (unpaired) electrons. The van der Waals surface area contributed by atoms with Gasteiger partial charge in [0.15, 0.2) is 5.82 Å². The van der Waals surface area contributed by atoms with E-state index in [0.717, 1.165) is 0 Å². The Morgan fingerprint density at radius 2 is 1.75 bits per heavy atom. The first kappa shape index (κ1) is 16.0. The molecule has 3 aromatic rings. The Kier molecular flexibility index (Phi) is 4.75. The van der Waals surface area contributed by atoms with Crippen molar-refractivity contribution in [2.24, 2.45) is 0 Å². The van der Waals surface area contributed by atoms with Gasteiger partial charge in [-0.2, -0.15) is 15.3 Å². The highest BCUT2D eigenvalue weighted by atomic mass is 35.5. The number of aromatic nitrogens is 3. The summed E-state index contributed by atoms with van der Waals surface area (Å²) >= 11 is 12.1. The summed E-state index contributed by atoms with van der Waals surface area (Å²) < 4.78 is 0. The molecule has 0 fully saturated rings.